The van der Waals surface area contributed by atoms with Crippen LogP contribution in [-0.4, -0.2) is 61.1 Å². The Morgan fingerprint density at radius 2 is 2.24 bits per heavy atom. The molecule has 9 nitrogen and oxygen atoms in total. The molecule has 1 aliphatic rings. The fourth-order valence-corrected chi connectivity index (χ4v) is 4.64. The number of pyridine rings is 1. The van der Waals surface area contributed by atoms with Crippen molar-refractivity contribution in [3.8, 4) is 0 Å². The van der Waals surface area contributed by atoms with E-state index in [1.165, 1.54) is 0 Å². The third kappa shape index (κ3) is 5.66. The van der Waals surface area contributed by atoms with Crippen LogP contribution in [0.25, 0.3) is 10.9 Å². The molecule has 0 saturated carbocycles. The zero-order valence-corrected chi connectivity index (χ0v) is 19.5. The summed E-state index contributed by atoms with van der Waals surface area (Å²) in [5.41, 5.74) is 2.59. The minimum Gasteiger partial charge on any atom is -0.396 e. The number of hydrogen-bond donors (Lipinski definition) is 2. The molecule has 3 heterocycles. The quantitative estimate of drug-likeness (QED) is 0.458. The Balaban J connectivity index is 1.65. The first-order valence-electron chi connectivity index (χ1n) is 11.9. The molecule has 2 aromatic heterocycles. The van der Waals surface area contributed by atoms with Crippen molar-refractivity contribution in [1.82, 2.24) is 30.1 Å². The lowest BCUT2D eigenvalue weighted by atomic mass is 10.1. The maximum absolute atomic E-state index is 12.9. The average Bonchev–Trinajstić information content (AvgIpc) is 3.48. The van der Waals surface area contributed by atoms with E-state index in [0.29, 0.717) is 31.6 Å². The summed E-state index contributed by atoms with van der Waals surface area (Å²) in [6.07, 6.45) is 4.61. The zero-order chi connectivity index (χ0) is 23.2. The lowest BCUT2D eigenvalue weighted by Gasteiger charge is -2.31. The van der Waals surface area contributed by atoms with Crippen molar-refractivity contribution in [2.24, 2.45) is 0 Å². The van der Waals surface area contributed by atoms with Gasteiger partial charge in [0.2, 0.25) is 0 Å². The summed E-state index contributed by atoms with van der Waals surface area (Å²) in [6.45, 7) is 6.78. The summed E-state index contributed by atoms with van der Waals surface area (Å²) in [5.74, 6) is 0.790. The van der Waals surface area contributed by atoms with Crippen LogP contribution in [0, 0.1) is 6.92 Å². The van der Waals surface area contributed by atoms with E-state index in [-0.39, 0.29) is 24.3 Å². The lowest BCUT2D eigenvalue weighted by Crippen LogP contribution is -2.34. The SMILES string of the molecule is CCC[C@H](c1nnnn1C[C@@H]1CCCO1)N(CCCO)Cc1cc2cc(C)ccc2[nH]c1=O. The minimum absolute atomic E-state index is 0.0643. The number of aliphatic hydroxyl groups excluding tert-OH is 1. The number of nitrogens with zero attached hydrogens (tertiary/aromatic N) is 5. The van der Waals surface area contributed by atoms with E-state index in [1.807, 2.05) is 29.8 Å². The lowest BCUT2D eigenvalue weighted by molar-refractivity contribution is 0.0885. The summed E-state index contributed by atoms with van der Waals surface area (Å²) < 4.78 is 7.66. The molecule has 0 unspecified atom stereocenters. The number of H-pyrrole nitrogens is 1. The summed E-state index contributed by atoms with van der Waals surface area (Å²) >= 11 is 0. The van der Waals surface area contributed by atoms with Crippen molar-refractivity contribution in [2.45, 2.75) is 71.2 Å². The van der Waals surface area contributed by atoms with Gasteiger partial charge in [-0.3, -0.25) is 9.69 Å². The van der Waals surface area contributed by atoms with Gasteiger partial charge in [0, 0.05) is 37.4 Å². The molecule has 4 rings (SSSR count). The molecular weight excluding hydrogens is 420 g/mol. The first kappa shape index (κ1) is 23.5. The summed E-state index contributed by atoms with van der Waals surface area (Å²) in [6, 6.07) is 7.93. The number of hydrogen-bond acceptors (Lipinski definition) is 7. The third-order valence-corrected chi connectivity index (χ3v) is 6.31. The van der Waals surface area contributed by atoms with Gasteiger partial charge in [0.15, 0.2) is 5.82 Å². The van der Waals surface area contributed by atoms with Gasteiger partial charge in [-0.05, 0) is 66.6 Å². The molecule has 33 heavy (non-hydrogen) atoms. The molecule has 1 aromatic carbocycles. The first-order chi connectivity index (χ1) is 16.1. The van der Waals surface area contributed by atoms with Crippen molar-refractivity contribution in [3.63, 3.8) is 0 Å². The van der Waals surface area contributed by atoms with Gasteiger partial charge >= 0.3 is 0 Å². The van der Waals surface area contributed by atoms with Gasteiger partial charge in [-0.2, -0.15) is 0 Å². The van der Waals surface area contributed by atoms with Crippen LogP contribution in [0.3, 0.4) is 0 Å². The molecule has 1 saturated heterocycles. The fourth-order valence-electron chi connectivity index (χ4n) is 4.64. The highest BCUT2D eigenvalue weighted by Crippen LogP contribution is 2.27. The number of aryl methyl sites for hydroxylation is 1. The van der Waals surface area contributed by atoms with Crippen molar-refractivity contribution < 1.29 is 9.84 Å². The second kappa shape index (κ2) is 11.0. The van der Waals surface area contributed by atoms with Crippen molar-refractivity contribution in [1.29, 1.82) is 0 Å². The third-order valence-electron chi connectivity index (χ3n) is 6.31. The molecule has 1 fully saturated rings. The van der Waals surface area contributed by atoms with Crippen LogP contribution in [0.5, 0.6) is 0 Å². The van der Waals surface area contributed by atoms with Gasteiger partial charge in [0.05, 0.1) is 18.7 Å². The van der Waals surface area contributed by atoms with Crippen molar-refractivity contribution >= 4 is 10.9 Å². The number of aromatic nitrogens is 5. The topological polar surface area (TPSA) is 109 Å². The standard InChI is InChI=1S/C24H34N6O3/c1-3-6-22(23-26-27-28-30(23)16-20-7-4-12-33-20)29(10-5-11-31)15-19-14-18-13-17(2)8-9-21(18)25-24(19)32/h8-9,13-14,20,22,31H,3-7,10-12,15-16H2,1-2H3,(H,25,32)/t20-,22+/m0/s1. The molecule has 0 bridgehead atoms. The molecule has 0 spiro atoms. The number of fused-ring (bicyclic) bond motifs is 1. The van der Waals surface area contributed by atoms with E-state index in [9.17, 15) is 9.90 Å². The van der Waals surface area contributed by atoms with Crippen LogP contribution in [-0.2, 0) is 17.8 Å². The number of aliphatic hydroxyl groups is 1. The summed E-state index contributed by atoms with van der Waals surface area (Å²) in [4.78, 5) is 18.1. The highest BCUT2D eigenvalue weighted by atomic mass is 16.5. The normalized spacial score (nSPS) is 17.3. The highest BCUT2D eigenvalue weighted by molar-refractivity contribution is 5.79. The Kier molecular flexibility index (Phi) is 7.85. The maximum Gasteiger partial charge on any atom is 0.252 e. The second-order valence-electron chi connectivity index (χ2n) is 8.92. The number of rotatable bonds is 11. The maximum atomic E-state index is 12.9. The molecule has 3 aromatic rings. The summed E-state index contributed by atoms with van der Waals surface area (Å²) in [7, 11) is 0. The van der Waals surface area contributed by atoms with Gasteiger partial charge in [0.1, 0.15) is 0 Å². The molecular formula is C24H34N6O3. The van der Waals surface area contributed by atoms with Crippen LogP contribution in [0.2, 0.25) is 0 Å². The van der Waals surface area contributed by atoms with Crippen LogP contribution in [0.4, 0.5) is 0 Å². The smallest absolute Gasteiger partial charge is 0.252 e. The molecule has 2 atom stereocenters. The molecule has 0 radical (unpaired) electrons. The number of ether oxygens (including phenoxy) is 1. The van der Waals surface area contributed by atoms with Crippen LogP contribution in [0.1, 0.15) is 62.0 Å². The van der Waals surface area contributed by atoms with Gasteiger partial charge < -0.3 is 14.8 Å². The Morgan fingerprint density at radius 3 is 3.00 bits per heavy atom. The molecule has 0 amide bonds. The largest absolute Gasteiger partial charge is 0.396 e. The number of tetrazole rings is 1. The molecule has 1 aliphatic heterocycles. The Morgan fingerprint density at radius 1 is 1.36 bits per heavy atom. The second-order valence-corrected chi connectivity index (χ2v) is 8.92. The van der Waals surface area contributed by atoms with E-state index in [0.717, 1.165) is 54.6 Å². The van der Waals surface area contributed by atoms with E-state index >= 15 is 0 Å². The highest BCUT2D eigenvalue weighted by Gasteiger charge is 2.28. The van der Waals surface area contributed by atoms with Crippen LogP contribution < -0.4 is 5.56 Å². The van der Waals surface area contributed by atoms with Crippen molar-refractivity contribution in [3.05, 3.63) is 51.6 Å². The van der Waals surface area contributed by atoms with Gasteiger partial charge in [-0.25, -0.2) is 4.68 Å². The average molecular weight is 455 g/mol. The Labute approximate surface area is 193 Å². The molecule has 2 N–H and O–H groups in total. The Bertz CT molecular complexity index is 1110. The van der Waals surface area contributed by atoms with Crippen LogP contribution >= 0.6 is 0 Å². The molecule has 178 valence electrons. The number of aromatic amines is 1. The monoisotopic (exact) mass is 454 g/mol. The summed E-state index contributed by atoms with van der Waals surface area (Å²) in [5, 5.41) is 23.2. The minimum atomic E-state index is -0.0884. The number of benzene rings is 1. The molecule has 9 heteroatoms. The molecule has 0 aliphatic carbocycles. The first-order valence-corrected chi connectivity index (χ1v) is 11.9. The van der Waals surface area contributed by atoms with Gasteiger partial charge in [-0.15, -0.1) is 5.10 Å². The van der Waals surface area contributed by atoms with Gasteiger partial charge in [-0.1, -0.05) is 25.0 Å². The fraction of sp³-hybridized carbons (Fsp3) is 0.583. The number of nitrogens with one attached hydrogen (secondary N) is 1. The predicted octanol–water partition coefficient (Wildman–Crippen LogP) is 2.73. The predicted molar refractivity (Wildman–Crippen MR) is 126 cm³/mol. The van der Waals surface area contributed by atoms with Crippen LogP contribution in [0.15, 0.2) is 29.1 Å². The van der Waals surface area contributed by atoms with Gasteiger partial charge in [0.25, 0.3) is 5.56 Å². The van der Waals surface area contributed by atoms with E-state index in [2.05, 4.69) is 38.4 Å². The zero-order valence-electron chi connectivity index (χ0n) is 19.5. The van der Waals surface area contributed by atoms with Crippen molar-refractivity contribution in [2.75, 3.05) is 19.8 Å². The van der Waals surface area contributed by atoms with E-state index < -0.39 is 0 Å². The Hall–Kier alpha value is -2.62. The van der Waals surface area contributed by atoms with E-state index in [1.54, 1.807) is 0 Å². The van der Waals surface area contributed by atoms with E-state index in [4.69, 9.17) is 4.74 Å².